The predicted molar refractivity (Wildman–Crippen MR) is 110 cm³/mol. The molecule has 2 heteroatoms. The van der Waals surface area contributed by atoms with Crippen LogP contribution in [-0.2, 0) is 13.1 Å². The molecule has 2 fully saturated rings. The van der Waals surface area contributed by atoms with E-state index in [0.29, 0.717) is 0 Å². The topological polar surface area (TPSA) is 6.48 Å². The van der Waals surface area contributed by atoms with Crippen molar-refractivity contribution >= 4 is 0 Å². The molecule has 2 aromatic rings. The van der Waals surface area contributed by atoms with Crippen molar-refractivity contribution in [3.8, 4) is 11.1 Å². The normalized spacial score (nSPS) is 22.0. The third-order valence-electron chi connectivity index (χ3n) is 6.17. The van der Waals surface area contributed by atoms with Gasteiger partial charge in [-0.2, -0.15) is 0 Å². The summed E-state index contributed by atoms with van der Waals surface area (Å²) in [6.45, 7) is 8.33. The molecule has 2 aromatic carbocycles. The summed E-state index contributed by atoms with van der Waals surface area (Å²) in [5.74, 6) is 0. The number of benzene rings is 2. The van der Waals surface area contributed by atoms with E-state index in [9.17, 15) is 0 Å². The molecule has 0 N–H and O–H groups in total. The highest BCUT2D eigenvalue weighted by Crippen LogP contribution is 2.24. The van der Waals surface area contributed by atoms with Gasteiger partial charge in [0, 0.05) is 19.1 Å². The van der Waals surface area contributed by atoms with Gasteiger partial charge in [0.2, 0.25) is 0 Å². The van der Waals surface area contributed by atoms with Gasteiger partial charge >= 0.3 is 0 Å². The zero-order valence-electron chi connectivity index (χ0n) is 16.2. The summed E-state index contributed by atoms with van der Waals surface area (Å²) in [5.41, 5.74) is 5.53. The van der Waals surface area contributed by atoms with Crippen LogP contribution in [0, 0.1) is 0 Å². The van der Waals surface area contributed by atoms with Crippen LogP contribution in [0.3, 0.4) is 0 Å². The van der Waals surface area contributed by atoms with E-state index < -0.39 is 0 Å². The second-order valence-corrected chi connectivity index (χ2v) is 8.19. The van der Waals surface area contributed by atoms with Crippen molar-refractivity contribution in [1.82, 2.24) is 9.80 Å². The first-order valence-electron chi connectivity index (χ1n) is 10.4. The van der Waals surface area contributed by atoms with Crippen molar-refractivity contribution in [2.24, 2.45) is 0 Å². The zero-order chi connectivity index (χ0) is 17.8. The maximum Gasteiger partial charge on any atom is 0.0236 e. The summed E-state index contributed by atoms with van der Waals surface area (Å²) >= 11 is 0. The summed E-state index contributed by atoms with van der Waals surface area (Å²) in [7, 11) is 0. The van der Waals surface area contributed by atoms with Crippen LogP contribution in [0.15, 0.2) is 48.5 Å². The van der Waals surface area contributed by atoms with Gasteiger partial charge in [-0.05, 0) is 74.5 Å². The van der Waals surface area contributed by atoms with Crippen molar-refractivity contribution in [2.75, 3.05) is 19.6 Å². The predicted octanol–water partition coefficient (Wildman–Crippen LogP) is 5.32. The number of piperidine rings is 1. The van der Waals surface area contributed by atoms with Crippen molar-refractivity contribution < 1.29 is 0 Å². The average Bonchev–Trinajstić information content (AvgIpc) is 3.09. The fraction of sp³-hybridized carbons (Fsp3) is 0.500. The smallest absolute Gasteiger partial charge is 0.0236 e. The third-order valence-corrected chi connectivity index (χ3v) is 6.17. The maximum absolute atomic E-state index is 2.60. The first-order chi connectivity index (χ1) is 12.8. The Morgan fingerprint density at radius 2 is 1.27 bits per heavy atom. The number of nitrogens with zero attached hydrogens (tertiary/aromatic N) is 2. The summed E-state index contributed by atoms with van der Waals surface area (Å²) in [5, 5.41) is 0. The van der Waals surface area contributed by atoms with Crippen molar-refractivity contribution in [3.05, 3.63) is 59.7 Å². The lowest BCUT2D eigenvalue weighted by Gasteiger charge is -2.26. The van der Waals surface area contributed by atoms with Crippen molar-refractivity contribution in [2.45, 2.75) is 58.2 Å². The van der Waals surface area contributed by atoms with Crippen LogP contribution in [0.25, 0.3) is 11.1 Å². The van der Waals surface area contributed by atoms with Crippen molar-refractivity contribution in [1.29, 1.82) is 0 Å². The molecule has 2 heterocycles. The molecule has 2 nitrogen and oxygen atoms in total. The molecule has 1 atom stereocenters. The molecule has 0 aliphatic carbocycles. The van der Waals surface area contributed by atoms with E-state index in [4.69, 9.17) is 0 Å². The summed E-state index contributed by atoms with van der Waals surface area (Å²) < 4.78 is 0. The Kier molecular flexibility index (Phi) is 5.72. The summed E-state index contributed by atoms with van der Waals surface area (Å²) in [4.78, 5) is 5.19. The molecule has 0 radical (unpaired) electrons. The van der Waals surface area contributed by atoms with Gasteiger partial charge in [0.25, 0.3) is 0 Å². The first-order valence-corrected chi connectivity index (χ1v) is 10.4. The number of rotatable bonds is 5. The molecule has 0 bridgehead atoms. The Bertz CT molecular complexity index is 683. The minimum atomic E-state index is 0.738. The van der Waals surface area contributed by atoms with Gasteiger partial charge in [0.05, 0.1) is 0 Å². The lowest BCUT2D eigenvalue weighted by atomic mass is 10.0. The maximum atomic E-state index is 2.60. The minimum absolute atomic E-state index is 0.738. The fourth-order valence-corrected chi connectivity index (χ4v) is 4.44. The zero-order valence-corrected chi connectivity index (χ0v) is 16.2. The quantitative estimate of drug-likeness (QED) is 0.721. The van der Waals surface area contributed by atoms with Gasteiger partial charge in [-0.15, -0.1) is 0 Å². The van der Waals surface area contributed by atoms with E-state index in [0.717, 1.165) is 19.1 Å². The number of likely N-dealkylation sites (tertiary alicyclic amines) is 2. The standard InChI is InChI=1S/C24H32N2/c1-20-6-5-17-26(20)19-22-9-13-24(14-10-22)23-11-7-21(8-12-23)18-25-15-3-2-4-16-25/h7-14,20H,2-6,15-19H2,1H3/t20-/m0/s1. The molecule has 138 valence electrons. The average molecular weight is 349 g/mol. The molecule has 2 saturated heterocycles. The molecule has 0 aromatic heterocycles. The van der Waals surface area contributed by atoms with E-state index in [1.54, 1.807) is 0 Å². The Morgan fingerprint density at radius 1 is 0.692 bits per heavy atom. The molecule has 2 aliphatic rings. The van der Waals surface area contributed by atoms with Crippen LogP contribution in [0.4, 0.5) is 0 Å². The Morgan fingerprint density at radius 3 is 1.81 bits per heavy atom. The van der Waals surface area contributed by atoms with E-state index in [-0.39, 0.29) is 0 Å². The highest BCUT2D eigenvalue weighted by molar-refractivity contribution is 5.63. The van der Waals surface area contributed by atoms with Crippen LogP contribution in [0.1, 0.15) is 50.2 Å². The van der Waals surface area contributed by atoms with Gasteiger partial charge in [-0.3, -0.25) is 9.80 Å². The molecule has 0 saturated carbocycles. The molecule has 2 aliphatic heterocycles. The Balaban J connectivity index is 1.37. The Hall–Kier alpha value is -1.64. The number of hydrogen-bond acceptors (Lipinski definition) is 2. The molecule has 0 unspecified atom stereocenters. The van der Waals surface area contributed by atoms with Crippen LogP contribution < -0.4 is 0 Å². The lowest BCUT2D eigenvalue weighted by Crippen LogP contribution is -2.28. The van der Waals surface area contributed by atoms with Gasteiger partial charge in [-0.1, -0.05) is 55.0 Å². The van der Waals surface area contributed by atoms with E-state index in [1.807, 2.05) is 0 Å². The van der Waals surface area contributed by atoms with Gasteiger partial charge in [-0.25, -0.2) is 0 Å². The van der Waals surface area contributed by atoms with Gasteiger partial charge in [0.1, 0.15) is 0 Å². The van der Waals surface area contributed by atoms with Crippen LogP contribution in [-0.4, -0.2) is 35.5 Å². The fourth-order valence-electron chi connectivity index (χ4n) is 4.44. The van der Waals surface area contributed by atoms with E-state index >= 15 is 0 Å². The molecule has 26 heavy (non-hydrogen) atoms. The SMILES string of the molecule is C[C@H]1CCCN1Cc1ccc(-c2ccc(CN3CCCCC3)cc2)cc1. The lowest BCUT2D eigenvalue weighted by molar-refractivity contribution is 0.221. The molecular weight excluding hydrogens is 316 g/mol. The molecule has 0 amide bonds. The largest absolute Gasteiger partial charge is 0.299 e. The highest BCUT2D eigenvalue weighted by Gasteiger charge is 2.19. The van der Waals surface area contributed by atoms with Crippen LogP contribution >= 0.6 is 0 Å². The summed E-state index contributed by atoms with van der Waals surface area (Å²) in [6, 6.07) is 19.1. The minimum Gasteiger partial charge on any atom is -0.299 e. The highest BCUT2D eigenvalue weighted by atomic mass is 15.2. The van der Waals surface area contributed by atoms with E-state index in [2.05, 4.69) is 65.3 Å². The van der Waals surface area contributed by atoms with E-state index in [1.165, 1.54) is 74.0 Å². The second kappa shape index (κ2) is 8.37. The monoisotopic (exact) mass is 348 g/mol. The van der Waals surface area contributed by atoms with Gasteiger partial charge in [0.15, 0.2) is 0 Å². The second-order valence-electron chi connectivity index (χ2n) is 8.19. The molecular formula is C24H32N2. The van der Waals surface area contributed by atoms with Crippen molar-refractivity contribution in [3.63, 3.8) is 0 Å². The third kappa shape index (κ3) is 4.36. The Labute approximate surface area is 158 Å². The van der Waals surface area contributed by atoms with Gasteiger partial charge < -0.3 is 0 Å². The summed E-state index contributed by atoms with van der Waals surface area (Å²) in [6.07, 6.45) is 6.83. The van der Waals surface area contributed by atoms with Crippen LogP contribution in [0.5, 0.6) is 0 Å². The number of hydrogen-bond donors (Lipinski definition) is 0. The van der Waals surface area contributed by atoms with Crippen LogP contribution in [0.2, 0.25) is 0 Å². The molecule has 4 rings (SSSR count). The molecule has 0 spiro atoms. The first kappa shape index (κ1) is 17.8.